The second-order valence-corrected chi connectivity index (χ2v) is 6.62. The van der Waals surface area contributed by atoms with Crippen LogP contribution in [0.1, 0.15) is 24.8 Å². The van der Waals surface area contributed by atoms with Gasteiger partial charge < -0.3 is 5.11 Å². The maximum Gasteiger partial charge on any atom is 0.317 e. The molecule has 0 radical (unpaired) electrons. The van der Waals surface area contributed by atoms with Crippen molar-refractivity contribution in [3.8, 4) is 0 Å². The van der Waals surface area contributed by atoms with Crippen molar-refractivity contribution >= 4 is 21.9 Å². The monoisotopic (exact) mass is 354 g/mol. The van der Waals surface area contributed by atoms with Crippen LogP contribution in [-0.4, -0.2) is 53.6 Å². The molecule has 0 aliphatic carbocycles. The molecule has 21 heavy (non-hydrogen) atoms. The highest BCUT2D eigenvalue weighted by Crippen LogP contribution is 2.21. The van der Waals surface area contributed by atoms with E-state index in [9.17, 15) is 4.79 Å². The van der Waals surface area contributed by atoms with Crippen molar-refractivity contribution in [3.63, 3.8) is 0 Å². The molecule has 116 valence electrons. The maximum atomic E-state index is 10.8. The van der Waals surface area contributed by atoms with Crippen molar-refractivity contribution in [1.29, 1.82) is 0 Å². The summed E-state index contributed by atoms with van der Waals surface area (Å²) in [6.45, 7) is 3.19. The summed E-state index contributed by atoms with van der Waals surface area (Å²) in [4.78, 5) is 15.3. The van der Waals surface area contributed by atoms with Gasteiger partial charge in [0, 0.05) is 17.1 Å². The van der Waals surface area contributed by atoms with E-state index in [1.807, 2.05) is 18.0 Å². The van der Waals surface area contributed by atoms with Crippen LogP contribution in [0.5, 0.6) is 0 Å². The number of carboxylic acids is 1. The fraction of sp³-hybridized carbons (Fsp3) is 0.562. The van der Waals surface area contributed by atoms with Gasteiger partial charge in [0.15, 0.2) is 0 Å². The number of likely N-dealkylation sites (tertiary alicyclic amines) is 1. The molecule has 0 saturated carbocycles. The van der Waals surface area contributed by atoms with Gasteiger partial charge in [-0.15, -0.1) is 0 Å². The summed E-state index contributed by atoms with van der Waals surface area (Å²) >= 11 is 3.60. The Kier molecular flexibility index (Phi) is 6.21. The predicted octanol–water partition coefficient (Wildman–Crippen LogP) is 2.82. The van der Waals surface area contributed by atoms with E-state index in [4.69, 9.17) is 5.11 Å². The van der Waals surface area contributed by atoms with Crippen LogP contribution in [-0.2, 0) is 11.3 Å². The molecule has 1 aromatic rings. The summed E-state index contributed by atoms with van der Waals surface area (Å²) in [6.07, 6.45) is 3.24. The second-order valence-electron chi connectivity index (χ2n) is 5.76. The van der Waals surface area contributed by atoms with E-state index >= 15 is 0 Å². The van der Waals surface area contributed by atoms with Crippen LogP contribution in [0, 0.1) is 0 Å². The minimum Gasteiger partial charge on any atom is -0.480 e. The first-order valence-electron chi connectivity index (χ1n) is 7.44. The molecule has 1 N–H and O–H groups in total. The Morgan fingerprint density at radius 2 is 2.14 bits per heavy atom. The molecule has 1 aliphatic heterocycles. The first kappa shape index (κ1) is 16.5. The minimum atomic E-state index is -0.744. The van der Waals surface area contributed by atoms with Gasteiger partial charge in [0.25, 0.3) is 0 Å². The van der Waals surface area contributed by atoms with Crippen molar-refractivity contribution in [2.45, 2.75) is 31.8 Å². The Hall–Kier alpha value is -0.910. The number of hydrogen-bond acceptors (Lipinski definition) is 3. The van der Waals surface area contributed by atoms with Crippen molar-refractivity contribution < 1.29 is 9.90 Å². The van der Waals surface area contributed by atoms with Crippen LogP contribution in [0.2, 0.25) is 0 Å². The smallest absolute Gasteiger partial charge is 0.317 e. The third kappa shape index (κ3) is 5.09. The zero-order chi connectivity index (χ0) is 15.2. The fourth-order valence-corrected chi connectivity index (χ4v) is 3.36. The zero-order valence-electron chi connectivity index (χ0n) is 12.5. The van der Waals surface area contributed by atoms with E-state index in [1.54, 1.807) is 0 Å². The van der Waals surface area contributed by atoms with Crippen LogP contribution in [0.4, 0.5) is 0 Å². The van der Waals surface area contributed by atoms with Gasteiger partial charge in [-0.05, 0) is 51.0 Å². The van der Waals surface area contributed by atoms with Crippen LogP contribution in [0.25, 0.3) is 0 Å². The van der Waals surface area contributed by atoms with Crippen LogP contribution < -0.4 is 0 Å². The average molecular weight is 355 g/mol. The normalized spacial score (nSPS) is 20.4. The minimum absolute atomic E-state index is 0.134. The molecule has 4 nitrogen and oxygen atoms in total. The summed E-state index contributed by atoms with van der Waals surface area (Å²) in [6, 6.07) is 8.72. The van der Waals surface area contributed by atoms with Crippen molar-refractivity contribution in [2.75, 3.05) is 26.7 Å². The Balaban J connectivity index is 1.89. The number of benzene rings is 1. The number of hydrogen-bond donors (Lipinski definition) is 1. The van der Waals surface area contributed by atoms with Gasteiger partial charge in [-0.3, -0.25) is 14.6 Å². The number of rotatable bonds is 5. The summed E-state index contributed by atoms with van der Waals surface area (Å²) in [7, 11) is 1.92. The molecule has 1 fully saturated rings. The first-order chi connectivity index (χ1) is 10.1. The SMILES string of the molecule is CN(CC(=O)O)C1CCCN(Cc2ccccc2Br)CC1. The summed E-state index contributed by atoms with van der Waals surface area (Å²) < 4.78 is 1.16. The Labute approximate surface area is 134 Å². The first-order valence-corrected chi connectivity index (χ1v) is 8.23. The molecule has 1 atom stereocenters. The average Bonchev–Trinajstić information content (AvgIpc) is 2.66. The Morgan fingerprint density at radius 3 is 2.86 bits per heavy atom. The summed E-state index contributed by atoms with van der Waals surface area (Å²) in [5, 5.41) is 8.90. The third-order valence-electron chi connectivity index (χ3n) is 4.15. The van der Waals surface area contributed by atoms with Crippen molar-refractivity contribution in [2.24, 2.45) is 0 Å². The maximum absolute atomic E-state index is 10.8. The largest absolute Gasteiger partial charge is 0.480 e. The standard InChI is InChI=1S/C16H23BrN2O2/c1-18(12-16(20)21)14-6-4-9-19(10-8-14)11-13-5-2-3-7-15(13)17/h2-3,5,7,14H,4,6,8-12H2,1H3,(H,20,21). The molecular formula is C16H23BrN2O2. The topological polar surface area (TPSA) is 43.8 Å². The Morgan fingerprint density at radius 1 is 1.38 bits per heavy atom. The van der Waals surface area contributed by atoms with Gasteiger partial charge in [0.05, 0.1) is 6.54 Å². The highest BCUT2D eigenvalue weighted by atomic mass is 79.9. The number of likely N-dealkylation sites (N-methyl/N-ethyl adjacent to an activating group) is 1. The fourth-order valence-electron chi connectivity index (χ4n) is 2.95. The predicted molar refractivity (Wildman–Crippen MR) is 87.3 cm³/mol. The van der Waals surface area contributed by atoms with Gasteiger partial charge >= 0.3 is 5.97 Å². The van der Waals surface area contributed by atoms with Crippen molar-refractivity contribution in [3.05, 3.63) is 34.3 Å². The van der Waals surface area contributed by atoms with Gasteiger partial charge in [-0.1, -0.05) is 34.1 Å². The van der Waals surface area contributed by atoms with Crippen LogP contribution in [0.15, 0.2) is 28.7 Å². The van der Waals surface area contributed by atoms with Crippen molar-refractivity contribution in [1.82, 2.24) is 9.80 Å². The molecule has 1 heterocycles. The van der Waals surface area contributed by atoms with E-state index < -0.39 is 5.97 Å². The highest BCUT2D eigenvalue weighted by molar-refractivity contribution is 9.10. The molecule has 1 aromatic carbocycles. The van der Waals surface area contributed by atoms with Gasteiger partial charge in [-0.25, -0.2) is 0 Å². The van der Waals surface area contributed by atoms with Gasteiger partial charge in [-0.2, -0.15) is 0 Å². The molecule has 0 bridgehead atoms. The quantitative estimate of drug-likeness (QED) is 0.882. The number of nitrogens with zero attached hydrogens (tertiary/aromatic N) is 2. The lowest BCUT2D eigenvalue weighted by Gasteiger charge is -2.25. The molecule has 5 heteroatoms. The lowest BCUT2D eigenvalue weighted by Crippen LogP contribution is -2.36. The third-order valence-corrected chi connectivity index (χ3v) is 4.92. The van der Waals surface area contributed by atoms with E-state index in [0.29, 0.717) is 6.04 Å². The van der Waals surface area contributed by atoms with E-state index in [-0.39, 0.29) is 6.54 Å². The number of aliphatic carboxylic acids is 1. The van der Waals surface area contributed by atoms with Gasteiger partial charge in [0.2, 0.25) is 0 Å². The molecule has 0 spiro atoms. The highest BCUT2D eigenvalue weighted by Gasteiger charge is 2.21. The molecule has 1 unspecified atom stereocenters. The van der Waals surface area contributed by atoms with E-state index in [1.165, 1.54) is 5.56 Å². The zero-order valence-corrected chi connectivity index (χ0v) is 14.1. The number of halogens is 1. The molecule has 1 aliphatic rings. The number of carbonyl (C=O) groups is 1. The van der Waals surface area contributed by atoms with Gasteiger partial charge in [0.1, 0.15) is 0 Å². The van der Waals surface area contributed by atoms with E-state index in [0.717, 1.165) is 43.4 Å². The Bertz CT molecular complexity index is 481. The van der Waals surface area contributed by atoms with Crippen LogP contribution in [0.3, 0.4) is 0 Å². The molecule has 0 amide bonds. The molecule has 0 aromatic heterocycles. The summed E-state index contributed by atoms with van der Waals surface area (Å²) in [5.41, 5.74) is 1.31. The molecule has 2 rings (SSSR count). The summed E-state index contributed by atoms with van der Waals surface area (Å²) in [5.74, 6) is -0.744. The lowest BCUT2D eigenvalue weighted by atomic mass is 10.1. The molecular weight excluding hydrogens is 332 g/mol. The van der Waals surface area contributed by atoms with E-state index in [2.05, 4.69) is 39.0 Å². The number of carboxylic acid groups (broad SMARTS) is 1. The lowest BCUT2D eigenvalue weighted by molar-refractivity contribution is -0.138. The van der Waals surface area contributed by atoms with Crippen LogP contribution >= 0.6 is 15.9 Å². The second kappa shape index (κ2) is 7.92. The molecule has 1 saturated heterocycles.